The number of nitrogen functional groups attached to an aromatic ring is 1. The minimum Gasteiger partial charge on any atom is -0.397 e. The van der Waals surface area contributed by atoms with Crippen molar-refractivity contribution in [2.45, 2.75) is 13.5 Å². The van der Waals surface area contributed by atoms with Gasteiger partial charge in [0.2, 0.25) is 0 Å². The van der Waals surface area contributed by atoms with Crippen LogP contribution in [0.3, 0.4) is 0 Å². The molecule has 0 aliphatic rings. The quantitative estimate of drug-likeness (QED) is 0.855. The van der Waals surface area contributed by atoms with Crippen LogP contribution in [0.15, 0.2) is 46.9 Å². The van der Waals surface area contributed by atoms with Crippen molar-refractivity contribution in [3.8, 4) is 0 Å². The summed E-state index contributed by atoms with van der Waals surface area (Å²) in [7, 11) is 0. The molecule has 0 atom stereocenters. The zero-order valence-corrected chi connectivity index (χ0v) is 12.3. The average Bonchev–Trinajstić information content (AvgIpc) is 2.41. The van der Waals surface area contributed by atoms with E-state index in [1.165, 1.54) is 6.07 Å². The van der Waals surface area contributed by atoms with Gasteiger partial charge in [-0.1, -0.05) is 18.2 Å². The maximum Gasteiger partial charge on any atom is 0.137 e. The largest absolute Gasteiger partial charge is 0.397 e. The summed E-state index contributed by atoms with van der Waals surface area (Å²) in [4.78, 5) is 2.16. The third-order valence-corrected chi connectivity index (χ3v) is 3.62. The number of para-hydroxylation sites is 2. The maximum atomic E-state index is 13.2. The molecule has 0 aromatic heterocycles. The Labute approximate surface area is 121 Å². The summed E-state index contributed by atoms with van der Waals surface area (Å²) >= 11 is 3.21. The van der Waals surface area contributed by atoms with Crippen molar-refractivity contribution >= 4 is 27.3 Å². The number of benzene rings is 2. The van der Waals surface area contributed by atoms with Crippen molar-refractivity contribution < 1.29 is 4.39 Å². The summed E-state index contributed by atoms with van der Waals surface area (Å²) in [6, 6.07) is 12.8. The fourth-order valence-corrected chi connectivity index (χ4v) is 2.43. The fourth-order valence-electron chi connectivity index (χ4n) is 2.00. The van der Waals surface area contributed by atoms with Crippen LogP contribution >= 0.6 is 15.9 Å². The molecule has 0 unspecified atom stereocenters. The van der Waals surface area contributed by atoms with Gasteiger partial charge in [0.25, 0.3) is 0 Å². The topological polar surface area (TPSA) is 29.3 Å². The Kier molecular flexibility index (Phi) is 4.43. The van der Waals surface area contributed by atoms with E-state index in [1.54, 1.807) is 12.1 Å². The Hall–Kier alpha value is -1.55. The molecule has 2 rings (SSSR count). The van der Waals surface area contributed by atoms with Gasteiger partial charge in [-0.15, -0.1) is 0 Å². The molecule has 2 aromatic carbocycles. The third-order valence-electron chi connectivity index (χ3n) is 3.02. The van der Waals surface area contributed by atoms with Crippen LogP contribution in [0.2, 0.25) is 0 Å². The molecule has 2 N–H and O–H groups in total. The van der Waals surface area contributed by atoms with Gasteiger partial charge in [0.1, 0.15) is 5.82 Å². The molecular formula is C15H16BrFN2. The van der Waals surface area contributed by atoms with Gasteiger partial charge in [0, 0.05) is 13.1 Å². The lowest BCUT2D eigenvalue weighted by atomic mass is 10.2. The molecule has 0 spiro atoms. The molecule has 100 valence electrons. The highest BCUT2D eigenvalue weighted by Crippen LogP contribution is 2.25. The molecule has 4 heteroatoms. The van der Waals surface area contributed by atoms with E-state index in [4.69, 9.17) is 5.73 Å². The Morgan fingerprint density at radius 2 is 1.95 bits per heavy atom. The van der Waals surface area contributed by atoms with E-state index in [-0.39, 0.29) is 5.82 Å². The second-order valence-electron chi connectivity index (χ2n) is 4.32. The zero-order chi connectivity index (χ0) is 13.8. The van der Waals surface area contributed by atoms with E-state index < -0.39 is 0 Å². The second-order valence-corrected chi connectivity index (χ2v) is 5.18. The fraction of sp³-hybridized carbons (Fsp3) is 0.200. The molecule has 0 aliphatic carbocycles. The van der Waals surface area contributed by atoms with Crippen LogP contribution in [0, 0.1) is 5.82 Å². The summed E-state index contributed by atoms with van der Waals surface area (Å²) < 4.78 is 13.7. The molecule has 0 bridgehead atoms. The molecule has 19 heavy (non-hydrogen) atoms. The van der Waals surface area contributed by atoms with Crippen LogP contribution in [-0.2, 0) is 6.54 Å². The first-order valence-corrected chi connectivity index (χ1v) is 6.94. The van der Waals surface area contributed by atoms with E-state index in [2.05, 4.69) is 27.8 Å². The van der Waals surface area contributed by atoms with Gasteiger partial charge < -0.3 is 10.6 Å². The van der Waals surface area contributed by atoms with Gasteiger partial charge in [0.05, 0.1) is 15.8 Å². The highest BCUT2D eigenvalue weighted by atomic mass is 79.9. The average molecular weight is 323 g/mol. The molecule has 0 heterocycles. The smallest absolute Gasteiger partial charge is 0.137 e. The van der Waals surface area contributed by atoms with Gasteiger partial charge in [-0.25, -0.2) is 4.39 Å². The number of nitrogens with two attached hydrogens (primary N) is 1. The SMILES string of the molecule is CCN(Cc1ccc(F)c(Br)c1)c1ccccc1N. The van der Waals surface area contributed by atoms with Crippen molar-refractivity contribution in [1.82, 2.24) is 0 Å². The highest BCUT2D eigenvalue weighted by Gasteiger charge is 2.09. The number of anilines is 2. The van der Waals surface area contributed by atoms with E-state index in [0.29, 0.717) is 11.0 Å². The van der Waals surface area contributed by atoms with Crippen LogP contribution in [0.5, 0.6) is 0 Å². The van der Waals surface area contributed by atoms with E-state index in [1.807, 2.05) is 24.3 Å². The molecule has 2 aromatic rings. The molecular weight excluding hydrogens is 307 g/mol. The first-order valence-electron chi connectivity index (χ1n) is 6.15. The first kappa shape index (κ1) is 13.9. The molecule has 0 fully saturated rings. The van der Waals surface area contributed by atoms with Gasteiger partial charge in [-0.2, -0.15) is 0 Å². The molecule has 0 saturated heterocycles. The summed E-state index contributed by atoms with van der Waals surface area (Å²) in [5, 5.41) is 0. The van der Waals surface area contributed by atoms with Gasteiger partial charge in [0.15, 0.2) is 0 Å². The molecule has 0 aliphatic heterocycles. The van der Waals surface area contributed by atoms with Crippen molar-refractivity contribution in [3.63, 3.8) is 0 Å². The number of rotatable bonds is 4. The lowest BCUT2D eigenvalue weighted by Crippen LogP contribution is -2.23. The van der Waals surface area contributed by atoms with Crippen LogP contribution in [0.1, 0.15) is 12.5 Å². The normalized spacial score (nSPS) is 10.5. The van der Waals surface area contributed by atoms with Crippen LogP contribution in [-0.4, -0.2) is 6.54 Å². The highest BCUT2D eigenvalue weighted by molar-refractivity contribution is 9.10. The van der Waals surface area contributed by atoms with E-state index in [0.717, 1.165) is 23.5 Å². The standard InChI is InChI=1S/C15H16BrFN2/c1-2-19(15-6-4-3-5-14(15)18)10-11-7-8-13(17)12(16)9-11/h3-9H,2,10,18H2,1H3. The molecule has 0 saturated carbocycles. The Bertz CT molecular complexity index is 572. The lowest BCUT2D eigenvalue weighted by Gasteiger charge is -2.24. The second kappa shape index (κ2) is 6.06. The van der Waals surface area contributed by atoms with Gasteiger partial charge in [-0.05, 0) is 52.7 Å². The van der Waals surface area contributed by atoms with Gasteiger partial charge >= 0.3 is 0 Å². The Balaban J connectivity index is 2.24. The Morgan fingerprint density at radius 1 is 1.21 bits per heavy atom. The maximum absolute atomic E-state index is 13.2. The molecule has 0 radical (unpaired) electrons. The minimum absolute atomic E-state index is 0.244. The van der Waals surface area contributed by atoms with E-state index in [9.17, 15) is 4.39 Å². The van der Waals surface area contributed by atoms with Crippen molar-refractivity contribution in [3.05, 3.63) is 58.3 Å². The van der Waals surface area contributed by atoms with Crippen LogP contribution < -0.4 is 10.6 Å². The summed E-state index contributed by atoms with van der Waals surface area (Å²) in [6.07, 6.45) is 0. The predicted molar refractivity (Wildman–Crippen MR) is 81.7 cm³/mol. The summed E-state index contributed by atoms with van der Waals surface area (Å²) in [5.74, 6) is -0.244. The predicted octanol–water partition coefficient (Wildman–Crippen LogP) is 4.20. The summed E-state index contributed by atoms with van der Waals surface area (Å²) in [5.41, 5.74) is 8.79. The zero-order valence-electron chi connectivity index (χ0n) is 10.7. The number of nitrogens with zero attached hydrogens (tertiary/aromatic N) is 1. The van der Waals surface area contributed by atoms with Crippen molar-refractivity contribution in [2.75, 3.05) is 17.2 Å². The summed E-state index contributed by atoms with van der Waals surface area (Å²) in [6.45, 7) is 3.61. The van der Waals surface area contributed by atoms with Crippen LogP contribution in [0.25, 0.3) is 0 Å². The number of hydrogen-bond donors (Lipinski definition) is 1. The van der Waals surface area contributed by atoms with Crippen LogP contribution in [0.4, 0.5) is 15.8 Å². The molecule has 0 amide bonds. The van der Waals surface area contributed by atoms with E-state index >= 15 is 0 Å². The monoisotopic (exact) mass is 322 g/mol. The number of hydrogen-bond acceptors (Lipinski definition) is 2. The molecule has 2 nitrogen and oxygen atoms in total. The van der Waals surface area contributed by atoms with Gasteiger partial charge in [-0.3, -0.25) is 0 Å². The van der Waals surface area contributed by atoms with Crippen molar-refractivity contribution in [2.24, 2.45) is 0 Å². The van der Waals surface area contributed by atoms with Crippen molar-refractivity contribution in [1.29, 1.82) is 0 Å². The number of halogens is 2. The lowest BCUT2D eigenvalue weighted by molar-refractivity contribution is 0.620. The Morgan fingerprint density at radius 3 is 2.58 bits per heavy atom. The minimum atomic E-state index is -0.244. The third kappa shape index (κ3) is 3.26. The first-order chi connectivity index (χ1) is 9.11.